The molecule has 0 fully saturated rings. The second-order valence-corrected chi connectivity index (χ2v) is 6.72. The molecule has 2 aromatic carbocycles. The molecule has 0 aliphatic rings. The first-order chi connectivity index (χ1) is 13.9. The Balaban J connectivity index is 1.84. The molecule has 0 atom stereocenters. The number of hydrogen-bond donors (Lipinski definition) is 2. The summed E-state index contributed by atoms with van der Waals surface area (Å²) in [6, 6.07) is 10.5. The van der Waals surface area contributed by atoms with E-state index in [-0.39, 0.29) is 11.6 Å². The second-order valence-electron chi connectivity index (χ2n) is 6.34. The van der Waals surface area contributed by atoms with Crippen LogP contribution in [0.1, 0.15) is 28.4 Å². The van der Waals surface area contributed by atoms with Crippen molar-refractivity contribution in [1.82, 2.24) is 9.97 Å². The highest BCUT2D eigenvalue weighted by Crippen LogP contribution is 2.33. The molecule has 0 saturated heterocycles. The Bertz CT molecular complexity index is 1030. The third kappa shape index (κ3) is 4.75. The van der Waals surface area contributed by atoms with Gasteiger partial charge < -0.3 is 20.5 Å². The minimum atomic E-state index is -0.399. The standard InChI is InChI=1S/C21H21ClN4O3/c1-4-28-21(27)14-6-5-7-15(10-14)26-19-18(23)20(25-11-24-19)29-16-8-12(2)17(22)13(3)9-16/h5-11H,4,23H2,1-3H3,(H,24,25,26). The van der Waals surface area contributed by atoms with Gasteiger partial charge in [0.05, 0.1) is 12.2 Å². The van der Waals surface area contributed by atoms with E-state index in [2.05, 4.69) is 15.3 Å². The van der Waals surface area contributed by atoms with E-state index < -0.39 is 5.97 Å². The Labute approximate surface area is 173 Å². The molecule has 0 aliphatic carbocycles. The number of nitrogens with two attached hydrogens (primary N) is 1. The van der Waals surface area contributed by atoms with Crippen molar-refractivity contribution in [3.8, 4) is 11.6 Å². The SMILES string of the molecule is CCOC(=O)c1cccc(Nc2ncnc(Oc3cc(C)c(Cl)c(C)c3)c2N)c1. The lowest BCUT2D eigenvalue weighted by molar-refractivity contribution is 0.0526. The molecule has 7 nitrogen and oxygen atoms in total. The first-order valence-electron chi connectivity index (χ1n) is 8.98. The van der Waals surface area contributed by atoms with E-state index in [1.807, 2.05) is 26.0 Å². The number of nitrogens with one attached hydrogen (secondary N) is 1. The lowest BCUT2D eigenvalue weighted by atomic mass is 10.1. The van der Waals surface area contributed by atoms with Gasteiger partial charge in [-0.15, -0.1) is 0 Å². The van der Waals surface area contributed by atoms with E-state index in [1.165, 1.54) is 6.33 Å². The molecule has 1 heterocycles. The first-order valence-corrected chi connectivity index (χ1v) is 9.36. The van der Waals surface area contributed by atoms with Crippen LogP contribution in [0.15, 0.2) is 42.7 Å². The Kier molecular flexibility index (Phi) is 6.19. The molecule has 3 aromatic rings. The third-order valence-corrected chi connectivity index (χ3v) is 4.70. The molecule has 3 N–H and O–H groups in total. The van der Waals surface area contributed by atoms with E-state index in [9.17, 15) is 4.79 Å². The van der Waals surface area contributed by atoms with Crippen LogP contribution in [0.4, 0.5) is 17.2 Å². The lowest BCUT2D eigenvalue weighted by Gasteiger charge is -2.13. The molecular weight excluding hydrogens is 392 g/mol. The van der Waals surface area contributed by atoms with E-state index in [4.69, 9.17) is 26.8 Å². The smallest absolute Gasteiger partial charge is 0.338 e. The van der Waals surface area contributed by atoms with Gasteiger partial charge in [0, 0.05) is 10.7 Å². The predicted molar refractivity (Wildman–Crippen MR) is 113 cm³/mol. The number of esters is 1. The van der Waals surface area contributed by atoms with Gasteiger partial charge in [0.25, 0.3) is 0 Å². The van der Waals surface area contributed by atoms with Crippen molar-refractivity contribution in [2.24, 2.45) is 0 Å². The van der Waals surface area contributed by atoms with Crippen molar-refractivity contribution in [2.45, 2.75) is 20.8 Å². The largest absolute Gasteiger partial charge is 0.462 e. The van der Waals surface area contributed by atoms with Crippen molar-refractivity contribution in [3.63, 3.8) is 0 Å². The number of nitrogens with zero attached hydrogens (tertiary/aromatic N) is 2. The molecular formula is C21H21ClN4O3. The number of aromatic nitrogens is 2. The van der Waals surface area contributed by atoms with Crippen LogP contribution in [-0.2, 0) is 4.74 Å². The van der Waals surface area contributed by atoms with E-state index in [0.717, 1.165) is 11.1 Å². The number of aryl methyl sites for hydroxylation is 2. The number of rotatable bonds is 6. The van der Waals surface area contributed by atoms with Gasteiger partial charge in [-0.1, -0.05) is 17.7 Å². The van der Waals surface area contributed by atoms with Crippen molar-refractivity contribution in [3.05, 3.63) is 64.4 Å². The number of anilines is 3. The third-order valence-electron chi connectivity index (χ3n) is 4.11. The summed E-state index contributed by atoms with van der Waals surface area (Å²) in [7, 11) is 0. The molecule has 0 aliphatic heterocycles. The number of hydrogen-bond acceptors (Lipinski definition) is 7. The zero-order valence-corrected chi connectivity index (χ0v) is 17.1. The summed E-state index contributed by atoms with van der Waals surface area (Å²) in [6.45, 7) is 5.86. The van der Waals surface area contributed by atoms with Gasteiger partial charge in [-0.05, 0) is 62.2 Å². The molecule has 0 radical (unpaired) electrons. The summed E-state index contributed by atoms with van der Waals surface area (Å²) in [5, 5.41) is 3.77. The highest BCUT2D eigenvalue weighted by Gasteiger charge is 2.13. The summed E-state index contributed by atoms with van der Waals surface area (Å²) in [5.74, 6) is 0.748. The van der Waals surface area contributed by atoms with Crippen molar-refractivity contribution < 1.29 is 14.3 Å². The van der Waals surface area contributed by atoms with Gasteiger partial charge >= 0.3 is 5.97 Å². The minimum absolute atomic E-state index is 0.213. The Hall–Kier alpha value is -3.32. The number of benzene rings is 2. The molecule has 0 spiro atoms. The molecule has 0 amide bonds. The van der Waals surface area contributed by atoms with Gasteiger partial charge in [-0.3, -0.25) is 0 Å². The Morgan fingerprint density at radius 1 is 1.17 bits per heavy atom. The molecule has 150 valence electrons. The fourth-order valence-electron chi connectivity index (χ4n) is 2.71. The van der Waals surface area contributed by atoms with Gasteiger partial charge in [0.15, 0.2) is 5.82 Å². The number of halogens is 1. The van der Waals surface area contributed by atoms with Crippen molar-refractivity contribution >= 4 is 34.8 Å². The number of carbonyl (C=O) groups excluding carboxylic acids is 1. The Morgan fingerprint density at radius 2 is 1.90 bits per heavy atom. The van der Waals surface area contributed by atoms with Gasteiger partial charge in [-0.2, -0.15) is 4.98 Å². The Morgan fingerprint density at radius 3 is 2.59 bits per heavy atom. The van der Waals surface area contributed by atoms with E-state index in [1.54, 1.807) is 31.2 Å². The lowest BCUT2D eigenvalue weighted by Crippen LogP contribution is -2.06. The molecule has 0 saturated carbocycles. The van der Waals surface area contributed by atoms with Gasteiger partial charge in [0.2, 0.25) is 5.88 Å². The highest BCUT2D eigenvalue weighted by molar-refractivity contribution is 6.32. The van der Waals surface area contributed by atoms with Crippen molar-refractivity contribution in [1.29, 1.82) is 0 Å². The van der Waals surface area contributed by atoms with Gasteiger partial charge in [0.1, 0.15) is 17.8 Å². The van der Waals surface area contributed by atoms with Crippen LogP contribution < -0.4 is 15.8 Å². The van der Waals surface area contributed by atoms with Crippen LogP contribution in [-0.4, -0.2) is 22.5 Å². The first kappa shape index (κ1) is 20.4. The second kappa shape index (κ2) is 8.79. The monoisotopic (exact) mass is 412 g/mol. The summed E-state index contributed by atoms with van der Waals surface area (Å²) in [5.41, 5.74) is 9.27. The summed E-state index contributed by atoms with van der Waals surface area (Å²) < 4.78 is 10.9. The summed E-state index contributed by atoms with van der Waals surface area (Å²) in [6.07, 6.45) is 1.35. The van der Waals surface area contributed by atoms with E-state index >= 15 is 0 Å². The molecule has 3 rings (SSSR count). The topological polar surface area (TPSA) is 99.4 Å². The number of ether oxygens (including phenoxy) is 2. The quantitative estimate of drug-likeness (QED) is 0.547. The molecule has 8 heteroatoms. The fourth-order valence-corrected chi connectivity index (χ4v) is 2.82. The van der Waals surface area contributed by atoms with Crippen LogP contribution in [0.3, 0.4) is 0 Å². The maximum absolute atomic E-state index is 11.9. The van der Waals surface area contributed by atoms with Crippen LogP contribution in [0.2, 0.25) is 5.02 Å². The summed E-state index contributed by atoms with van der Waals surface area (Å²) >= 11 is 6.21. The molecule has 0 unspecified atom stereocenters. The van der Waals surface area contributed by atoms with Gasteiger partial charge in [-0.25, -0.2) is 9.78 Å². The number of carbonyl (C=O) groups is 1. The number of nitrogen functional groups attached to an aromatic ring is 1. The highest BCUT2D eigenvalue weighted by atomic mass is 35.5. The van der Waals surface area contributed by atoms with Crippen molar-refractivity contribution in [2.75, 3.05) is 17.7 Å². The van der Waals surface area contributed by atoms with Crippen LogP contribution in [0, 0.1) is 13.8 Å². The fraction of sp³-hybridized carbons (Fsp3) is 0.190. The molecule has 1 aromatic heterocycles. The summed E-state index contributed by atoms with van der Waals surface area (Å²) in [4.78, 5) is 20.2. The van der Waals surface area contributed by atoms with Crippen LogP contribution >= 0.6 is 11.6 Å². The predicted octanol–water partition coefficient (Wildman–Crippen LogP) is 5.04. The van der Waals surface area contributed by atoms with Crippen LogP contribution in [0.5, 0.6) is 11.6 Å². The minimum Gasteiger partial charge on any atom is -0.462 e. The van der Waals surface area contributed by atoms with Crippen LogP contribution in [0.25, 0.3) is 0 Å². The van der Waals surface area contributed by atoms with E-state index in [0.29, 0.717) is 34.4 Å². The zero-order chi connectivity index (χ0) is 21.0. The molecule has 0 bridgehead atoms. The maximum Gasteiger partial charge on any atom is 0.338 e. The normalized spacial score (nSPS) is 10.5. The average molecular weight is 413 g/mol. The average Bonchev–Trinajstić information content (AvgIpc) is 2.69. The maximum atomic E-state index is 11.9. The zero-order valence-electron chi connectivity index (χ0n) is 16.3. The molecule has 29 heavy (non-hydrogen) atoms.